The van der Waals surface area contributed by atoms with Crippen LogP contribution in [-0.2, 0) is 6.54 Å². The average molecular weight is 258 g/mol. The largest absolute Gasteiger partial charge is 0.308 e. The predicted octanol–water partition coefficient (Wildman–Crippen LogP) is 2.77. The van der Waals surface area contributed by atoms with Crippen molar-refractivity contribution in [1.82, 2.24) is 20.1 Å². The van der Waals surface area contributed by atoms with Gasteiger partial charge in [-0.05, 0) is 52.3 Å². The summed E-state index contributed by atoms with van der Waals surface area (Å²) in [5.41, 5.74) is 3.38. The van der Waals surface area contributed by atoms with Gasteiger partial charge in [-0.1, -0.05) is 6.07 Å². The Balaban J connectivity index is 2.18. The minimum atomic E-state index is 0.115. The highest BCUT2D eigenvalue weighted by Crippen LogP contribution is 2.12. The van der Waals surface area contributed by atoms with Gasteiger partial charge < -0.3 is 5.32 Å². The van der Waals surface area contributed by atoms with Crippen LogP contribution in [0.25, 0.3) is 5.82 Å². The van der Waals surface area contributed by atoms with Gasteiger partial charge in [0.25, 0.3) is 0 Å². The average Bonchev–Trinajstić information content (AvgIpc) is 2.73. The lowest BCUT2D eigenvalue weighted by atomic mass is 10.1. The number of aryl methyl sites for hydroxylation is 2. The second-order valence-electron chi connectivity index (χ2n) is 5.92. The van der Waals surface area contributed by atoms with E-state index >= 15 is 0 Å². The molecule has 0 aromatic carbocycles. The minimum Gasteiger partial charge on any atom is -0.308 e. The van der Waals surface area contributed by atoms with Crippen LogP contribution in [0.3, 0.4) is 0 Å². The van der Waals surface area contributed by atoms with E-state index < -0.39 is 0 Å². The zero-order chi connectivity index (χ0) is 14.0. The Morgan fingerprint density at radius 3 is 2.42 bits per heavy atom. The maximum atomic E-state index is 4.62. The number of nitrogens with one attached hydrogen (secondary N) is 1. The van der Waals surface area contributed by atoms with Crippen molar-refractivity contribution in [3.8, 4) is 5.82 Å². The van der Waals surface area contributed by atoms with Crippen LogP contribution < -0.4 is 5.32 Å². The Morgan fingerprint density at radius 2 is 1.89 bits per heavy atom. The van der Waals surface area contributed by atoms with Gasteiger partial charge in [-0.25, -0.2) is 9.67 Å². The molecular weight excluding hydrogens is 236 g/mol. The summed E-state index contributed by atoms with van der Waals surface area (Å²) in [7, 11) is 0. The summed E-state index contributed by atoms with van der Waals surface area (Å²) >= 11 is 0. The van der Waals surface area contributed by atoms with Crippen molar-refractivity contribution in [2.24, 2.45) is 0 Å². The topological polar surface area (TPSA) is 42.7 Å². The van der Waals surface area contributed by atoms with Crippen molar-refractivity contribution in [3.63, 3.8) is 0 Å². The summed E-state index contributed by atoms with van der Waals surface area (Å²) in [5, 5.41) is 7.86. The molecule has 1 N–H and O–H groups in total. The molecule has 0 aliphatic heterocycles. The number of nitrogens with zero attached hydrogens (tertiary/aromatic N) is 3. The molecule has 19 heavy (non-hydrogen) atoms. The molecule has 0 saturated carbocycles. The van der Waals surface area contributed by atoms with Gasteiger partial charge >= 0.3 is 0 Å². The summed E-state index contributed by atoms with van der Waals surface area (Å²) < 4.78 is 1.81. The molecule has 2 heterocycles. The first-order valence-corrected chi connectivity index (χ1v) is 6.59. The number of pyridine rings is 1. The van der Waals surface area contributed by atoms with E-state index in [9.17, 15) is 0 Å². The maximum absolute atomic E-state index is 4.62. The van der Waals surface area contributed by atoms with Crippen LogP contribution in [-0.4, -0.2) is 20.3 Å². The zero-order valence-corrected chi connectivity index (χ0v) is 12.4. The zero-order valence-electron chi connectivity index (χ0n) is 12.4. The van der Waals surface area contributed by atoms with Gasteiger partial charge in [0.1, 0.15) is 0 Å². The summed E-state index contributed by atoms with van der Waals surface area (Å²) in [6.07, 6.45) is 1.93. The first-order chi connectivity index (χ1) is 8.85. The normalized spacial score (nSPS) is 11.8. The minimum absolute atomic E-state index is 0.115. The quantitative estimate of drug-likeness (QED) is 0.920. The third-order valence-corrected chi connectivity index (χ3v) is 2.95. The van der Waals surface area contributed by atoms with Crippen molar-refractivity contribution in [2.75, 3.05) is 0 Å². The second kappa shape index (κ2) is 5.13. The third-order valence-electron chi connectivity index (χ3n) is 2.95. The fraction of sp³-hybridized carbons (Fsp3) is 0.467. The Kier molecular flexibility index (Phi) is 3.71. The molecule has 4 nitrogen and oxygen atoms in total. The first kappa shape index (κ1) is 13.7. The van der Waals surface area contributed by atoms with Crippen LogP contribution in [0.15, 0.2) is 24.4 Å². The smallest absolute Gasteiger partial charge is 0.153 e. The van der Waals surface area contributed by atoms with E-state index in [0.717, 1.165) is 23.8 Å². The van der Waals surface area contributed by atoms with Gasteiger partial charge in [0.2, 0.25) is 0 Å². The SMILES string of the molecule is Cc1ccn(-c2ccc(CNC(C)(C)C)c(C)n2)n1. The van der Waals surface area contributed by atoms with Gasteiger partial charge in [-0.15, -0.1) is 0 Å². The summed E-state index contributed by atoms with van der Waals surface area (Å²) in [4.78, 5) is 4.62. The van der Waals surface area contributed by atoms with Crippen molar-refractivity contribution in [1.29, 1.82) is 0 Å². The number of aromatic nitrogens is 3. The Morgan fingerprint density at radius 1 is 1.16 bits per heavy atom. The van der Waals surface area contributed by atoms with E-state index in [1.54, 1.807) is 0 Å². The van der Waals surface area contributed by atoms with Crippen LogP contribution >= 0.6 is 0 Å². The second-order valence-corrected chi connectivity index (χ2v) is 5.92. The molecule has 4 heteroatoms. The van der Waals surface area contributed by atoms with Gasteiger partial charge in [0, 0.05) is 24.0 Å². The fourth-order valence-electron chi connectivity index (χ4n) is 1.79. The monoisotopic (exact) mass is 258 g/mol. The van der Waals surface area contributed by atoms with E-state index in [1.807, 2.05) is 36.9 Å². The molecule has 0 atom stereocenters. The number of hydrogen-bond donors (Lipinski definition) is 1. The highest BCUT2D eigenvalue weighted by atomic mass is 15.3. The van der Waals surface area contributed by atoms with Crippen molar-refractivity contribution < 1.29 is 0 Å². The Bertz CT molecular complexity index is 564. The standard InChI is InChI=1S/C15H22N4/c1-11-8-9-19(18-11)14-7-6-13(12(2)17-14)10-16-15(3,4)5/h6-9,16H,10H2,1-5H3. The van der Waals surface area contributed by atoms with Crippen molar-refractivity contribution >= 4 is 0 Å². The Hall–Kier alpha value is -1.68. The fourth-order valence-corrected chi connectivity index (χ4v) is 1.79. The molecule has 102 valence electrons. The van der Waals surface area contributed by atoms with Crippen LogP contribution in [0, 0.1) is 13.8 Å². The predicted molar refractivity (Wildman–Crippen MR) is 77.4 cm³/mol. The molecule has 0 fully saturated rings. The Labute approximate surface area is 114 Å². The summed E-state index contributed by atoms with van der Waals surface area (Å²) in [5.74, 6) is 0.866. The first-order valence-electron chi connectivity index (χ1n) is 6.59. The molecule has 0 spiro atoms. The van der Waals surface area contributed by atoms with Crippen LogP contribution in [0.2, 0.25) is 0 Å². The van der Waals surface area contributed by atoms with Crippen molar-refractivity contribution in [2.45, 2.75) is 46.7 Å². The lowest BCUT2D eigenvalue weighted by Crippen LogP contribution is -2.35. The molecule has 0 aliphatic carbocycles. The molecule has 2 rings (SSSR count). The molecule has 0 aliphatic rings. The van der Waals surface area contributed by atoms with E-state index in [-0.39, 0.29) is 5.54 Å². The maximum Gasteiger partial charge on any atom is 0.153 e. The highest BCUT2D eigenvalue weighted by Gasteiger charge is 2.10. The van der Waals surface area contributed by atoms with E-state index in [4.69, 9.17) is 0 Å². The molecule has 0 amide bonds. The molecule has 2 aromatic heterocycles. The van der Waals surface area contributed by atoms with Gasteiger partial charge in [0.15, 0.2) is 5.82 Å². The molecule has 0 unspecified atom stereocenters. The molecule has 2 aromatic rings. The van der Waals surface area contributed by atoms with E-state index in [0.29, 0.717) is 0 Å². The summed E-state index contributed by atoms with van der Waals surface area (Å²) in [6.45, 7) is 11.3. The lowest BCUT2D eigenvalue weighted by molar-refractivity contribution is 0.423. The van der Waals surface area contributed by atoms with E-state index in [2.05, 4.69) is 42.2 Å². The third kappa shape index (κ3) is 3.64. The highest BCUT2D eigenvalue weighted by molar-refractivity contribution is 5.30. The van der Waals surface area contributed by atoms with Gasteiger partial charge in [0.05, 0.1) is 5.69 Å². The van der Waals surface area contributed by atoms with Crippen LogP contribution in [0.4, 0.5) is 0 Å². The van der Waals surface area contributed by atoms with Crippen LogP contribution in [0.1, 0.15) is 37.7 Å². The lowest BCUT2D eigenvalue weighted by Gasteiger charge is -2.21. The number of hydrogen-bond acceptors (Lipinski definition) is 3. The van der Waals surface area contributed by atoms with Gasteiger partial charge in [-0.2, -0.15) is 5.10 Å². The number of rotatable bonds is 3. The molecular formula is C15H22N4. The molecule has 0 radical (unpaired) electrons. The summed E-state index contributed by atoms with van der Waals surface area (Å²) in [6, 6.07) is 6.11. The van der Waals surface area contributed by atoms with Crippen molar-refractivity contribution in [3.05, 3.63) is 41.3 Å². The van der Waals surface area contributed by atoms with Gasteiger partial charge in [-0.3, -0.25) is 0 Å². The molecule has 0 bridgehead atoms. The van der Waals surface area contributed by atoms with E-state index in [1.165, 1.54) is 5.56 Å². The molecule has 0 saturated heterocycles. The van der Waals surface area contributed by atoms with Crippen LogP contribution in [0.5, 0.6) is 0 Å².